The normalized spacial score (nSPS) is 17.4. The van der Waals surface area contributed by atoms with Gasteiger partial charge in [-0.2, -0.15) is 0 Å². The van der Waals surface area contributed by atoms with Crippen molar-refractivity contribution in [3.8, 4) is 5.75 Å². The van der Waals surface area contributed by atoms with Crippen LogP contribution in [-0.2, 0) is 11.2 Å². The van der Waals surface area contributed by atoms with Gasteiger partial charge in [0.15, 0.2) is 6.61 Å². The molecule has 0 unspecified atom stereocenters. The van der Waals surface area contributed by atoms with Crippen molar-refractivity contribution in [2.45, 2.75) is 25.8 Å². The van der Waals surface area contributed by atoms with E-state index in [9.17, 15) is 4.79 Å². The Morgan fingerprint density at radius 1 is 1.56 bits per heavy atom. The summed E-state index contributed by atoms with van der Waals surface area (Å²) in [6, 6.07) is 6.06. The minimum atomic E-state index is -0.00491. The van der Waals surface area contributed by atoms with Crippen molar-refractivity contribution >= 4 is 5.91 Å². The number of hydrogen-bond donors (Lipinski definition) is 1. The summed E-state index contributed by atoms with van der Waals surface area (Å²) in [5.41, 5.74) is 8.43. The van der Waals surface area contributed by atoms with Crippen LogP contribution < -0.4 is 10.5 Å². The second kappa shape index (κ2) is 5.40. The van der Waals surface area contributed by atoms with Crippen LogP contribution in [0.2, 0.25) is 0 Å². The van der Waals surface area contributed by atoms with Gasteiger partial charge in [0.25, 0.3) is 5.91 Å². The molecule has 0 heterocycles. The van der Waals surface area contributed by atoms with E-state index in [1.54, 1.807) is 11.9 Å². The number of amides is 1. The van der Waals surface area contributed by atoms with Crippen LogP contribution in [0.3, 0.4) is 0 Å². The third-order valence-corrected chi connectivity index (χ3v) is 3.50. The van der Waals surface area contributed by atoms with E-state index < -0.39 is 0 Å². The van der Waals surface area contributed by atoms with E-state index in [-0.39, 0.29) is 18.6 Å². The summed E-state index contributed by atoms with van der Waals surface area (Å²) in [5.74, 6) is 0.746. The maximum Gasteiger partial charge on any atom is 0.260 e. The van der Waals surface area contributed by atoms with Crippen molar-refractivity contribution in [1.29, 1.82) is 0 Å². The van der Waals surface area contributed by atoms with Crippen LogP contribution >= 0.6 is 0 Å². The van der Waals surface area contributed by atoms with Gasteiger partial charge in [-0.15, -0.1) is 0 Å². The highest BCUT2D eigenvalue weighted by Crippen LogP contribution is 2.31. The standard InChI is InChI=1S/C14H20N2O2/c1-3-16(2)14(17)9-18-11-5-6-12-10(8-11)4-7-13(12)15/h5-6,8,13H,3-4,7,9,15H2,1-2H3/t13-/m0/s1. The van der Waals surface area contributed by atoms with E-state index in [0.29, 0.717) is 6.54 Å². The third kappa shape index (κ3) is 2.64. The molecule has 0 aromatic heterocycles. The van der Waals surface area contributed by atoms with Gasteiger partial charge in [-0.25, -0.2) is 0 Å². The Morgan fingerprint density at radius 2 is 2.33 bits per heavy atom. The third-order valence-electron chi connectivity index (χ3n) is 3.50. The summed E-state index contributed by atoms with van der Waals surface area (Å²) in [6.07, 6.45) is 1.99. The highest BCUT2D eigenvalue weighted by molar-refractivity contribution is 5.77. The fraction of sp³-hybridized carbons (Fsp3) is 0.500. The van der Waals surface area contributed by atoms with Crippen molar-refractivity contribution in [1.82, 2.24) is 4.90 Å². The first-order chi connectivity index (χ1) is 8.61. The quantitative estimate of drug-likeness (QED) is 0.878. The average molecular weight is 248 g/mol. The Kier molecular flexibility index (Phi) is 3.87. The lowest BCUT2D eigenvalue weighted by molar-refractivity contribution is -0.131. The number of aryl methyl sites for hydroxylation is 1. The summed E-state index contributed by atoms with van der Waals surface area (Å²) < 4.78 is 5.52. The predicted molar refractivity (Wildman–Crippen MR) is 70.5 cm³/mol. The van der Waals surface area contributed by atoms with E-state index >= 15 is 0 Å². The highest BCUT2D eigenvalue weighted by Gasteiger charge is 2.19. The molecule has 4 nitrogen and oxygen atoms in total. The van der Waals surface area contributed by atoms with Crippen molar-refractivity contribution in [3.05, 3.63) is 29.3 Å². The van der Waals surface area contributed by atoms with E-state index in [0.717, 1.165) is 18.6 Å². The fourth-order valence-corrected chi connectivity index (χ4v) is 2.15. The van der Waals surface area contributed by atoms with Gasteiger partial charge >= 0.3 is 0 Å². The van der Waals surface area contributed by atoms with Gasteiger partial charge in [0, 0.05) is 19.6 Å². The second-order valence-corrected chi connectivity index (χ2v) is 4.70. The molecule has 0 radical (unpaired) electrons. The average Bonchev–Trinajstić information content (AvgIpc) is 2.76. The summed E-state index contributed by atoms with van der Waals surface area (Å²) in [6.45, 7) is 2.73. The van der Waals surface area contributed by atoms with Crippen LogP contribution in [0.25, 0.3) is 0 Å². The first-order valence-electron chi connectivity index (χ1n) is 6.37. The van der Waals surface area contributed by atoms with Gasteiger partial charge in [-0.1, -0.05) is 6.07 Å². The number of carbonyl (C=O) groups excluding carboxylic acids is 1. The molecule has 98 valence electrons. The smallest absolute Gasteiger partial charge is 0.260 e. The summed E-state index contributed by atoms with van der Waals surface area (Å²) >= 11 is 0. The molecule has 0 aliphatic heterocycles. The lowest BCUT2D eigenvalue weighted by Crippen LogP contribution is -2.31. The lowest BCUT2D eigenvalue weighted by atomic mass is 10.1. The topological polar surface area (TPSA) is 55.6 Å². The van der Waals surface area contributed by atoms with Gasteiger partial charge in [-0.05, 0) is 43.0 Å². The van der Waals surface area contributed by atoms with Gasteiger partial charge in [0.1, 0.15) is 5.75 Å². The van der Waals surface area contributed by atoms with Gasteiger partial charge < -0.3 is 15.4 Å². The number of ether oxygens (including phenoxy) is 1. The van der Waals surface area contributed by atoms with Gasteiger partial charge in [-0.3, -0.25) is 4.79 Å². The minimum absolute atomic E-state index is 0.00491. The summed E-state index contributed by atoms with van der Waals surface area (Å²) in [7, 11) is 1.77. The van der Waals surface area contributed by atoms with Crippen molar-refractivity contribution in [3.63, 3.8) is 0 Å². The van der Waals surface area contributed by atoms with Crippen molar-refractivity contribution in [2.75, 3.05) is 20.2 Å². The molecule has 0 fully saturated rings. The molecule has 1 aliphatic rings. The van der Waals surface area contributed by atoms with Crippen LogP contribution in [0.5, 0.6) is 5.75 Å². The largest absolute Gasteiger partial charge is 0.484 e. The fourth-order valence-electron chi connectivity index (χ4n) is 2.15. The molecule has 1 aromatic rings. The van der Waals surface area contributed by atoms with Crippen molar-refractivity contribution < 1.29 is 9.53 Å². The maximum atomic E-state index is 11.6. The summed E-state index contributed by atoms with van der Waals surface area (Å²) in [5, 5.41) is 0. The molecular weight excluding hydrogens is 228 g/mol. The maximum absolute atomic E-state index is 11.6. The molecule has 4 heteroatoms. The van der Waals surface area contributed by atoms with Crippen molar-refractivity contribution in [2.24, 2.45) is 5.73 Å². The Morgan fingerprint density at radius 3 is 3.06 bits per heavy atom. The molecule has 1 aromatic carbocycles. The summed E-state index contributed by atoms with van der Waals surface area (Å²) in [4.78, 5) is 13.3. The van der Waals surface area contributed by atoms with E-state index in [4.69, 9.17) is 10.5 Å². The first kappa shape index (κ1) is 12.9. The molecule has 1 amide bonds. The molecule has 0 bridgehead atoms. The van der Waals surface area contributed by atoms with Crippen LogP contribution in [0.4, 0.5) is 0 Å². The van der Waals surface area contributed by atoms with E-state index in [2.05, 4.69) is 0 Å². The van der Waals surface area contributed by atoms with Crippen LogP contribution in [0.1, 0.15) is 30.5 Å². The molecule has 1 atom stereocenters. The Bertz CT molecular complexity index is 445. The number of nitrogens with zero attached hydrogens (tertiary/aromatic N) is 1. The number of rotatable bonds is 4. The lowest BCUT2D eigenvalue weighted by Gasteiger charge is -2.15. The van der Waals surface area contributed by atoms with Crippen LogP contribution in [-0.4, -0.2) is 31.0 Å². The molecule has 1 aliphatic carbocycles. The van der Waals surface area contributed by atoms with Crippen LogP contribution in [0.15, 0.2) is 18.2 Å². The molecule has 0 saturated heterocycles. The highest BCUT2D eigenvalue weighted by atomic mass is 16.5. The zero-order chi connectivity index (χ0) is 13.1. The molecule has 2 rings (SSSR count). The second-order valence-electron chi connectivity index (χ2n) is 4.70. The Labute approximate surface area is 108 Å². The SMILES string of the molecule is CCN(C)C(=O)COc1ccc2c(c1)CC[C@@H]2N. The van der Waals surface area contributed by atoms with E-state index in [1.807, 2.05) is 25.1 Å². The first-order valence-corrected chi connectivity index (χ1v) is 6.37. The molecule has 0 saturated carbocycles. The molecular formula is C14H20N2O2. The number of fused-ring (bicyclic) bond motifs is 1. The monoisotopic (exact) mass is 248 g/mol. The number of hydrogen-bond acceptors (Lipinski definition) is 3. The van der Waals surface area contributed by atoms with Gasteiger partial charge in [0.05, 0.1) is 0 Å². The molecule has 0 spiro atoms. The molecule has 18 heavy (non-hydrogen) atoms. The number of benzene rings is 1. The molecule has 2 N–H and O–H groups in total. The predicted octanol–water partition coefficient (Wildman–Crippen LogP) is 1.49. The van der Waals surface area contributed by atoms with Gasteiger partial charge in [0.2, 0.25) is 0 Å². The number of likely N-dealkylation sites (N-methyl/N-ethyl adjacent to an activating group) is 1. The van der Waals surface area contributed by atoms with E-state index in [1.165, 1.54) is 11.1 Å². The number of carbonyl (C=O) groups is 1. The Hall–Kier alpha value is -1.55. The zero-order valence-corrected chi connectivity index (χ0v) is 11.0. The minimum Gasteiger partial charge on any atom is -0.484 e. The number of nitrogens with two attached hydrogens (primary N) is 1. The zero-order valence-electron chi connectivity index (χ0n) is 11.0. The van der Waals surface area contributed by atoms with Crippen LogP contribution in [0, 0.1) is 0 Å². The Balaban J connectivity index is 1.97.